The van der Waals surface area contributed by atoms with Crippen molar-refractivity contribution in [2.24, 2.45) is 15.9 Å². The van der Waals surface area contributed by atoms with Gasteiger partial charge >= 0.3 is 0 Å². The van der Waals surface area contributed by atoms with Crippen LogP contribution in [0.5, 0.6) is 0 Å². The summed E-state index contributed by atoms with van der Waals surface area (Å²) in [6.07, 6.45) is 9.63. The van der Waals surface area contributed by atoms with Gasteiger partial charge in [-0.1, -0.05) is 56.0 Å². The van der Waals surface area contributed by atoms with Gasteiger partial charge in [-0.25, -0.2) is 0 Å². The minimum Gasteiger partial charge on any atom is -0.330 e. The van der Waals surface area contributed by atoms with Gasteiger partial charge in [0.15, 0.2) is 0 Å². The third-order valence-corrected chi connectivity index (χ3v) is 3.71. The quantitative estimate of drug-likeness (QED) is 0.680. The Morgan fingerprint density at radius 1 is 0.850 bits per heavy atom. The molecule has 1 aliphatic rings. The highest BCUT2D eigenvalue weighted by atomic mass is 15.2. The fraction of sp³-hybridized carbons (Fsp3) is 0.529. The van der Waals surface area contributed by atoms with Gasteiger partial charge in [-0.2, -0.15) is 10.2 Å². The Morgan fingerprint density at radius 2 is 1.55 bits per heavy atom. The largest absolute Gasteiger partial charge is 0.330 e. The second-order valence-corrected chi connectivity index (χ2v) is 5.42. The molecule has 0 saturated heterocycles. The lowest BCUT2D eigenvalue weighted by molar-refractivity contribution is 0.604. The van der Waals surface area contributed by atoms with Gasteiger partial charge in [0.05, 0.1) is 5.71 Å². The van der Waals surface area contributed by atoms with Crippen molar-refractivity contribution in [3.05, 3.63) is 35.9 Å². The van der Waals surface area contributed by atoms with Crippen LogP contribution in [0.25, 0.3) is 0 Å². The molecule has 0 bridgehead atoms. The van der Waals surface area contributed by atoms with E-state index in [0.717, 1.165) is 25.1 Å². The summed E-state index contributed by atoms with van der Waals surface area (Å²) in [5, 5.41) is 8.65. The minimum absolute atomic E-state index is 0.830. The number of benzene rings is 1. The van der Waals surface area contributed by atoms with Gasteiger partial charge in [-0.15, -0.1) is 0 Å². The Bertz CT molecular complexity index is 449. The van der Waals surface area contributed by atoms with Crippen molar-refractivity contribution in [3.63, 3.8) is 0 Å². The van der Waals surface area contributed by atoms with Crippen LogP contribution >= 0.6 is 0 Å². The molecule has 0 aromatic heterocycles. The number of nitrogens with zero attached hydrogens (tertiary/aromatic N) is 2. The molecule has 2 N–H and O–H groups in total. The van der Waals surface area contributed by atoms with E-state index in [-0.39, 0.29) is 0 Å². The lowest BCUT2D eigenvalue weighted by Crippen LogP contribution is -2.03. The summed E-state index contributed by atoms with van der Waals surface area (Å²) in [6, 6.07) is 10.4. The van der Waals surface area contributed by atoms with Gasteiger partial charge in [-0.05, 0) is 31.4 Å². The number of rotatable bonds is 9. The second kappa shape index (κ2) is 8.64. The van der Waals surface area contributed by atoms with Gasteiger partial charge in [-0.3, -0.25) is 0 Å². The van der Waals surface area contributed by atoms with Crippen molar-refractivity contribution in [2.45, 2.75) is 51.4 Å². The first-order chi connectivity index (χ1) is 9.90. The van der Waals surface area contributed by atoms with Crippen LogP contribution in [0.1, 0.15) is 56.9 Å². The standard InChI is InChI=1S/C17H25N3/c18-13-9-4-2-1-3-8-12-16-14-17(20-19-16)15-10-6-5-7-11-15/h5-7,10-11H,1-4,8-9,12-14,18H2. The van der Waals surface area contributed by atoms with Gasteiger partial charge in [0, 0.05) is 12.1 Å². The molecule has 3 heteroatoms. The molecule has 0 saturated carbocycles. The zero-order valence-electron chi connectivity index (χ0n) is 12.2. The first kappa shape index (κ1) is 14.9. The van der Waals surface area contributed by atoms with E-state index in [1.54, 1.807) is 0 Å². The van der Waals surface area contributed by atoms with E-state index in [9.17, 15) is 0 Å². The summed E-state index contributed by atoms with van der Waals surface area (Å²) in [7, 11) is 0. The first-order valence-corrected chi connectivity index (χ1v) is 7.78. The molecule has 20 heavy (non-hydrogen) atoms. The zero-order valence-corrected chi connectivity index (χ0v) is 12.2. The highest BCUT2D eigenvalue weighted by molar-refractivity contribution is 6.15. The molecule has 0 unspecified atom stereocenters. The number of hydrogen-bond donors (Lipinski definition) is 1. The first-order valence-electron chi connectivity index (χ1n) is 7.78. The molecule has 1 aromatic rings. The van der Waals surface area contributed by atoms with Crippen molar-refractivity contribution in [1.82, 2.24) is 0 Å². The number of unbranched alkanes of at least 4 members (excludes halogenated alkanes) is 5. The predicted octanol–water partition coefficient (Wildman–Crippen LogP) is 3.92. The maximum Gasteiger partial charge on any atom is 0.0759 e. The van der Waals surface area contributed by atoms with Crippen molar-refractivity contribution in [2.75, 3.05) is 6.54 Å². The molecule has 1 aromatic carbocycles. The molecule has 1 aliphatic heterocycles. The van der Waals surface area contributed by atoms with E-state index < -0.39 is 0 Å². The predicted molar refractivity (Wildman–Crippen MR) is 86.4 cm³/mol. The van der Waals surface area contributed by atoms with Crippen molar-refractivity contribution in [1.29, 1.82) is 0 Å². The molecule has 0 spiro atoms. The van der Waals surface area contributed by atoms with Crippen LogP contribution in [0.2, 0.25) is 0 Å². The van der Waals surface area contributed by atoms with Crippen LogP contribution in [-0.4, -0.2) is 18.0 Å². The van der Waals surface area contributed by atoms with Gasteiger partial charge in [0.1, 0.15) is 0 Å². The molecule has 0 amide bonds. The van der Waals surface area contributed by atoms with Crippen molar-refractivity contribution < 1.29 is 0 Å². The Morgan fingerprint density at radius 3 is 2.30 bits per heavy atom. The maximum atomic E-state index is 5.48. The Balaban J connectivity index is 1.59. The average Bonchev–Trinajstić information content (AvgIpc) is 2.96. The van der Waals surface area contributed by atoms with Crippen LogP contribution in [0.4, 0.5) is 0 Å². The minimum atomic E-state index is 0.830. The van der Waals surface area contributed by atoms with Crippen LogP contribution < -0.4 is 5.73 Å². The summed E-state index contributed by atoms with van der Waals surface area (Å²) in [6.45, 7) is 0.830. The van der Waals surface area contributed by atoms with Crippen LogP contribution in [0.3, 0.4) is 0 Å². The lowest BCUT2D eigenvalue weighted by atomic mass is 10.0. The fourth-order valence-corrected chi connectivity index (χ4v) is 2.50. The monoisotopic (exact) mass is 271 g/mol. The zero-order chi connectivity index (χ0) is 14.0. The molecule has 108 valence electrons. The van der Waals surface area contributed by atoms with E-state index in [0.29, 0.717) is 0 Å². The van der Waals surface area contributed by atoms with E-state index in [1.165, 1.54) is 49.8 Å². The third-order valence-electron chi connectivity index (χ3n) is 3.71. The Hall–Kier alpha value is -1.48. The van der Waals surface area contributed by atoms with Gasteiger partial charge in [0.25, 0.3) is 0 Å². The summed E-state index contributed by atoms with van der Waals surface area (Å²) in [4.78, 5) is 0. The van der Waals surface area contributed by atoms with Crippen LogP contribution in [0.15, 0.2) is 40.5 Å². The van der Waals surface area contributed by atoms with Crippen LogP contribution in [-0.2, 0) is 0 Å². The molecule has 0 aliphatic carbocycles. The topological polar surface area (TPSA) is 50.7 Å². The highest BCUT2D eigenvalue weighted by Crippen LogP contribution is 2.16. The maximum absolute atomic E-state index is 5.48. The second-order valence-electron chi connectivity index (χ2n) is 5.42. The van der Waals surface area contributed by atoms with Crippen molar-refractivity contribution >= 4 is 11.4 Å². The SMILES string of the molecule is NCCCCCCCCC1=NN=C(c2ccccc2)C1. The Labute approximate surface area is 122 Å². The Kier molecular flexibility index (Phi) is 6.45. The summed E-state index contributed by atoms with van der Waals surface area (Å²) >= 11 is 0. The molecule has 3 nitrogen and oxygen atoms in total. The third kappa shape index (κ3) is 4.89. The molecular formula is C17H25N3. The van der Waals surface area contributed by atoms with E-state index in [4.69, 9.17) is 5.73 Å². The van der Waals surface area contributed by atoms with Crippen molar-refractivity contribution in [3.8, 4) is 0 Å². The molecular weight excluding hydrogens is 246 g/mol. The smallest absolute Gasteiger partial charge is 0.0759 e. The normalized spacial score (nSPS) is 14.2. The fourth-order valence-electron chi connectivity index (χ4n) is 2.50. The number of hydrogen-bond acceptors (Lipinski definition) is 3. The van der Waals surface area contributed by atoms with Crippen LogP contribution in [0, 0.1) is 0 Å². The number of nitrogens with two attached hydrogens (primary N) is 1. The summed E-state index contributed by atoms with van der Waals surface area (Å²) in [5.74, 6) is 0. The molecule has 1 heterocycles. The average molecular weight is 271 g/mol. The van der Waals surface area contributed by atoms with Gasteiger partial charge < -0.3 is 5.73 Å². The van der Waals surface area contributed by atoms with E-state index >= 15 is 0 Å². The molecule has 2 rings (SSSR count). The summed E-state index contributed by atoms with van der Waals surface area (Å²) < 4.78 is 0. The lowest BCUT2D eigenvalue weighted by Gasteiger charge is -2.02. The van der Waals surface area contributed by atoms with E-state index in [1.807, 2.05) is 6.07 Å². The summed E-state index contributed by atoms with van der Waals surface area (Å²) in [5.41, 5.74) is 9.04. The van der Waals surface area contributed by atoms with E-state index in [2.05, 4.69) is 34.5 Å². The van der Waals surface area contributed by atoms with Gasteiger partial charge in [0.2, 0.25) is 0 Å². The molecule has 0 atom stereocenters. The molecule has 0 fully saturated rings. The molecule has 0 radical (unpaired) electrons. The highest BCUT2D eigenvalue weighted by Gasteiger charge is 2.13.